The molecule has 0 spiro atoms. The van der Waals surface area contributed by atoms with Crippen LogP contribution in [0.2, 0.25) is 0 Å². The molecule has 1 saturated heterocycles. The second-order valence-corrected chi connectivity index (χ2v) is 9.11. The van der Waals surface area contributed by atoms with Crippen LogP contribution in [0.1, 0.15) is 12.0 Å². The number of non-ortho nitro benzene ring substituents is 1. The molecule has 1 N–H and O–H groups in total. The first kappa shape index (κ1) is 20.0. The number of nitrogens with zero attached hydrogens (tertiary/aromatic N) is 2. The van der Waals surface area contributed by atoms with Crippen LogP contribution in [0.5, 0.6) is 0 Å². The lowest BCUT2D eigenvalue weighted by Crippen LogP contribution is -2.36. The molecule has 2 atom stereocenters. The Morgan fingerprint density at radius 1 is 1.38 bits per heavy atom. The first-order valence-corrected chi connectivity index (χ1v) is 10.2. The fourth-order valence-electron chi connectivity index (χ4n) is 2.44. The Labute approximate surface area is 153 Å². The zero-order valence-corrected chi connectivity index (χ0v) is 15.2. The van der Waals surface area contributed by atoms with Gasteiger partial charge in [0, 0.05) is 24.9 Å². The van der Waals surface area contributed by atoms with Gasteiger partial charge in [0.05, 0.1) is 15.5 Å². The van der Waals surface area contributed by atoms with Crippen molar-refractivity contribution in [2.24, 2.45) is 0 Å². The van der Waals surface area contributed by atoms with Crippen LogP contribution in [-0.2, 0) is 21.2 Å². The van der Waals surface area contributed by atoms with Gasteiger partial charge in [-0.2, -0.15) is 0 Å². The van der Waals surface area contributed by atoms with Crippen molar-refractivity contribution in [1.29, 1.82) is 0 Å². The summed E-state index contributed by atoms with van der Waals surface area (Å²) in [5.41, 5.74) is 0.402. The van der Waals surface area contributed by atoms with Crippen LogP contribution in [0.3, 0.4) is 0 Å². The number of benzene rings is 1. The van der Waals surface area contributed by atoms with E-state index in [1.165, 1.54) is 24.3 Å². The van der Waals surface area contributed by atoms with Gasteiger partial charge < -0.3 is 9.84 Å². The fourth-order valence-corrected chi connectivity index (χ4v) is 4.38. The molecular weight excluding hydrogens is 388 g/mol. The molecular formula is C14H16N2O8S2. The van der Waals surface area contributed by atoms with E-state index in [-0.39, 0.29) is 25.3 Å². The van der Waals surface area contributed by atoms with E-state index in [0.717, 1.165) is 11.2 Å². The van der Waals surface area contributed by atoms with E-state index in [1.807, 2.05) is 0 Å². The number of hydrogen-bond donors (Lipinski definition) is 1. The van der Waals surface area contributed by atoms with Gasteiger partial charge in [-0.3, -0.25) is 15.0 Å². The van der Waals surface area contributed by atoms with Crippen molar-refractivity contribution in [3.63, 3.8) is 0 Å². The molecule has 1 heterocycles. The smallest absolute Gasteiger partial charge is 0.411 e. The normalized spacial score (nSPS) is 20.0. The number of carboxylic acid groups (broad SMARTS) is 1. The van der Waals surface area contributed by atoms with E-state index >= 15 is 0 Å². The van der Waals surface area contributed by atoms with E-state index in [2.05, 4.69) is 0 Å². The molecule has 12 heteroatoms. The minimum atomic E-state index is -3.44. The molecule has 1 aliphatic heterocycles. The predicted octanol–water partition coefficient (Wildman–Crippen LogP) is 2.09. The van der Waals surface area contributed by atoms with E-state index in [0.29, 0.717) is 17.3 Å². The highest BCUT2D eigenvalue weighted by Crippen LogP contribution is 2.31. The monoisotopic (exact) mass is 404 g/mol. The third-order valence-corrected chi connectivity index (χ3v) is 6.27. The Morgan fingerprint density at radius 2 is 2.00 bits per heavy atom. The molecule has 1 aromatic carbocycles. The Bertz CT molecular complexity index is 809. The molecule has 0 aliphatic carbocycles. The molecule has 0 bridgehead atoms. The predicted molar refractivity (Wildman–Crippen MR) is 92.6 cm³/mol. The maximum absolute atomic E-state index is 12.3. The standard InChI is InChI=1S/C14H16N2O8S2/c1-26(22,23)11-6-12(25-14(18)19)15(7-11)13(17)24-8-9-2-4-10(5-3-9)16(20)21/h2-5,11-12H,6-8H2,1H3,(H,18,19)/t11-,12+/m1/s1. The lowest BCUT2D eigenvalue weighted by molar-refractivity contribution is -0.384. The van der Waals surface area contributed by atoms with E-state index in [4.69, 9.17) is 9.84 Å². The Balaban J connectivity index is 2.03. The van der Waals surface area contributed by atoms with Gasteiger partial charge in [0.15, 0.2) is 9.84 Å². The summed E-state index contributed by atoms with van der Waals surface area (Å²) in [4.78, 5) is 34.3. The molecule has 0 radical (unpaired) electrons. The maximum atomic E-state index is 12.3. The first-order chi connectivity index (χ1) is 12.1. The largest absolute Gasteiger partial charge is 0.473 e. The SMILES string of the molecule is CS(=O)(=O)[C@@H]1C[C@H](SC(=O)O)N(C(=O)OCc2ccc([N+](=O)[O-])cc2)C1. The number of carbonyl (C=O) groups is 2. The number of nitro benzene ring substituents is 1. The average molecular weight is 404 g/mol. The number of hydrogen-bond acceptors (Lipinski definition) is 8. The van der Waals surface area contributed by atoms with Gasteiger partial charge in [-0.05, 0) is 35.9 Å². The lowest BCUT2D eigenvalue weighted by atomic mass is 10.2. The van der Waals surface area contributed by atoms with Crippen LogP contribution >= 0.6 is 11.8 Å². The number of amides is 1. The van der Waals surface area contributed by atoms with Crippen molar-refractivity contribution < 1.29 is 32.8 Å². The van der Waals surface area contributed by atoms with Crippen LogP contribution in [0.4, 0.5) is 15.3 Å². The Hall–Kier alpha value is -2.34. The Morgan fingerprint density at radius 3 is 2.50 bits per heavy atom. The van der Waals surface area contributed by atoms with Gasteiger partial charge in [0.1, 0.15) is 6.61 Å². The number of ether oxygens (including phenoxy) is 1. The average Bonchev–Trinajstić information content (AvgIpc) is 2.96. The van der Waals surface area contributed by atoms with Gasteiger partial charge in [0.2, 0.25) is 0 Å². The minimum absolute atomic E-state index is 0.00241. The molecule has 0 saturated carbocycles. The maximum Gasteiger partial charge on any atom is 0.411 e. The number of sulfone groups is 1. The molecule has 1 amide bonds. The number of nitro groups is 1. The van der Waals surface area contributed by atoms with Crippen molar-refractivity contribution in [2.75, 3.05) is 12.8 Å². The lowest BCUT2D eigenvalue weighted by Gasteiger charge is -2.21. The summed E-state index contributed by atoms with van der Waals surface area (Å²) >= 11 is 0.448. The fraction of sp³-hybridized carbons (Fsp3) is 0.429. The highest BCUT2D eigenvalue weighted by atomic mass is 32.2. The summed E-state index contributed by atoms with van der Waals surface area (Å²) in [5, 5.41) is 16.6. The number of carbonyl (C=O) groups excluding carboxylic acids is 1. The van der Waals surface area contributed by atoms with Crippen molar-refractivity contribution >= 4 is 38.7 Å². The Kier molecular flexibility index (Phi) is 6.08. The summed E-state index contributed by atoms with van der Waals surface area (Å²) in [6, 6.07) is 5.39. The van der Waals surface area contributed by atoms with E-state index < -0.39 is 36.8 Å². The quantitative estimate of drug-likeness (QED) is 0.576. The second-order valence-electron chi connectivity index (χ2n) is 5.66. The van der Waals surface area contributed by atoms with Gasteiger partial charge in [0.25, 0.3) is 5.69 Å². The van der Waals surface area contributed by atoms with Gasteiger partial charge in [-0.25, -0.2) is 18.0 Å². The third kappa shape index (κ3) is 5.08. The zero-order chi connectivity index (χ0) is 19.5. The molecule has 0 unspecified atom stereocenters. The minimum Gasteiger partial charge on any atom is -0.473 e. The van der Waals surface area contributed by atoms with Gasteiger partial charge >= 0.3 is 11.4 Å². The van der Waals surface area contributed by atoms with Crippen molar-refractivity contribution in [1.82, 2.24) is 4.90 Å². The van der Waals surface area contributed by atoms with E-state index in [1.54, 1.807) is 0 Å². The van der Waals surface area contributed by atoms with Crippen LogP contribution in [0, 0.1) is 10.1 Å². The molecule has 0 aromatic heterocycles. The molecule has 2 rings (SSSR count). The van der Waals surface area contributed by atoms with Crippen molar-refractivity contribution in [3.05, 3.63) is 39.9 Å². The topological polar surface area (TPSA) is 144 Å². The van der Waals surface area contributed by atoms with Crippen molar-refractivity contribution in [3.8, 4) is 0 Å². The van der Waals surface area contributed by atoms with Crippen LogP contribution in [-0.4, -0.2) is 58.2 Å². The van der Waals surface area contributed by atoms with Crippen molar-refractivity contribution in [2.45, 2.75) is 23.7 Å². The van der Waals surface area contributed by atoms with Crippen LogP contribution < -0.4 is 0 Å². The highest BCUT2D eigenvalue weighted by molar-refractivity contribution is 8.13. The molecule has 26 heavy (non-hydrogen) atoms. The van der Waals surface area contributed by atoms with Crippen LogP contribution in [0.15, 0.2) is 24.3 Å². The molecule has 142 valence electrons. The third-order valence-electron chi connectivity index (χ3n) is 3.80. The summed E-state index contributed by atoms with van der Waals surface area (Å²) in [6.45, 7) is -0.329. The molecule has 10 nitrogen and oxygen atoms in total. The van der Waals surface area contributed by atoms with Gasteiger partial charge in [-0.15, -0.1) is 0 Å². The summed E-state index contributed by atoms with van der Waals surface area (Å²) in [5.74, 6) is 0. The molecule has 1 aromatic rings. The number of likely N-dealkylation sites (tertiary alicyclic amines) is 1. The second kappa shape index (κ2) is 7.91. The summed E-state index contributed by atoms with van der Waals surface area (Å²) in [7, 11) is -3.44. The van der Waals surface area contributed by atoms with Gasteiger partial charge in [-0.1, -0.05) is 0 Å². The first-order valence-electron chi connectivity index (χ1n) is 7.33. The summed E-state index contributed by atoms with van der Waals surface area (Å²) < 4.78 is 28.5. The molecule has 1 fully saturated rings. The summed E-state index contributed by atoms with van der Waals surface area (Å²) in [6.07, 6.45) is 0.196. The highest BCUT2D eigenvalue weighted by Gasteiger charge is 2.42. The van der Waals surface area contributed by atoms with E-state index in [9.17, 15) is 28.1 Å². The number of thioether (sulfide) groups is 1. The zero-order valence-electron chi connectivity index (χ0n) is 13.6. The molecule has 1 aliphatic rings. The van der Waals surface area contributed by atoms with Crippen LogP contribution in [0.25, 0.3) is 0 Å². The number of rotatable bonds is 5.